The summed E-state index contributed by atoms with van der Waals surface area (Å²) in [5, 5.41) is 3.07. The molecule has 0 radical (unpaired) electrons. The highest BCUT2D eigenvalue weighted by atomic mass is 19.4. The number of fused-ring (bicyclic) bond motifs is 1. The smallest absolute Gasteiger partial charge is 0.355 e. The third-order valence-electron chi connectivity index (χ3n) is 6.58. The number of imidazole rings is 1. The summed E-state index contributed by atoms with van der Waals surface area (Å²) >= 11 is 0. The fourth-order valence-electron chi connectivity index (χ4n) is 4.61. The zero-order valence-corrected chi connectivity index (χ0v) is 17.9. The lowest BCUT2D eigenvalue weighted by molar-refractivity contribution is -0.137. The first kappa shape index (κ1) is 22.1. The summed E-state index contributed by atoms with van der Waals surface area (Å²) in [7, 11) is 1.85. The van der Waals surface area contributed by atoms with Crippen molar-refractivity contribution >= 4 is 16.9 Å². The van der Waals surface area contributed by atoms with E-state index in [1.807, 2.05) is 11.6 Å². The van der Waals surface area contributed by atoms with Crippen LogP contribution in [0.1, 0.15) is 37.1 Å². The Balaban J connectivity index is 1.26. The number of rotatable bonds is 6. The zero-order chi connectivity index (χ0) is 22.0. The van der Waals surface area contributed by atoms with Gasteiger partial charge in [0.05, 0.1) is 23.1 Å². The summed E-state index contributed by atoms with van der Waals surface area (Å²) in [5.41, 5.74) is 0.418. The highest BCUT2D eigenvalue weighted by Crippen LogP contribution is 2.31. The fourth-order valence-corrected chi connectivity index (χ4v) is 4.61. The van der Waals surface area contributed by atoms with Crippen LogP contribution in [0.3, 0.4) is 0 Å². The van der Waals surface area contributed by atoms with Gasteiger partial charge in [0, 0.05) is 52.2 Å². The van der Waals surface area contributed by atoms with Crippen LogP contribution in [0.25, 0.3) is 11.0 Å². The van der Waals surface area contributed by atoms with E-state index < -0.39 is 11.7 Å². The maximum Gasteiger partial charge on any atom is 0.416 e. The van der Waals surface area contributed by atoms with Crippen LogP contribution in [0.5, 0.6) is 0 Å². The van der Waals surface area contributed by atoms with Gasteiger partial charge in [-0.05, 0) is 31.0 Å². The monoisotopic (exact) mass is 437 g/mol. The van der Waals surface area contributed by atoms with E-state index in [1.165, 1.54) is 6.07 Å². The molecule has 0 unspecified atom stereocenters. The number of nitrogens with one attached hydrogen (secondary N) is 1. The molecule has 1 N–H and O–H groups in total. The number of piperazine rings is 1. The average Bonchev–Trinajstić information content (AvgIpc) is 3.37. The molecule has 1 saturated heterocycles. The molecule has 2 aromatic rings. The molecule has 1 amide bonds. The summed E-state index contributed by atoms with van der Waals surface area (Å²) in [5.74, 6) is 1.18. The van der Waals surface area contributed by atoms with Crippen molar-refractivity contribution in [2.24, 2.45) is 13.0 Å². The van der Waals surface area contributed by atoms with Gasteiger partial charge in [-0.25, -0.2) is 4.98 Å². The third kappa shape index (κ3) is 5.20. The molecule has 6 nitrogen and oxygen atoms in total. The Morgan fingerprint density at radius 3 is 2.48 bits per heavy atom. The SMILES string of the molecule is Cn1c(CN2CCN(CCNC(=O)C3CCCC3)CC2)nc2cc(C(F)(F)F)ccc21. The van der Waals surface area contributed by atoms with Gasteiger partial charge < -0.3 is 9.88 Å². The number of halogens is 3. The van der Waals surface area contributed by atoms with Crippen LogP contribution >= 0.6 is 0 Å². The zero-order valence-electron chi connectivity index (χ0n) is 17.9. The van der Waals surface area contributed by atoms with Crippen molar-refractivity contribution in [2.75, 3.05) is 39.3 Å². The first-order chi connectivity index (χ1) is 14.8. The normalized spacial score (nSPS) is 19.4. The Labute approximate surface area is 180 Å². The van der Waals surface area contributed by atoms with E-state index in [2.05, 4.69) is 20.1 Å². The molecule has 2 fully saturated rings. The van der Waals surface area contributed by atoms with Crippen molar-refractivity contribution in [3.05, 3.63) is 29.6 Å². The molecule has 2 heterocycles. The lowest BCUT2D eigenvalue weighted by Gasteiger charge is -2.34. The van der Waals surface area contributed by atoms with E-state index in [-0.39, 0.29) is 11.8 Å². The fraction of sp³-hybridized carbons (Fsp3) is 0.636. The van der Waals surface area contributed by atoms with Crippen molar-refractivity contribution < 1.29 is 18.0 Å². The third-order valence-corrected chi connectivity index (χ3v) is 6.58. The van der Waals surface area contributed by atoms with Gasteiger partial charge in [0.2, 0.25) is 5.91 Å². The van der Waals surface area contributed by atoms with Gasteiger partial charge >= 0.3 is 6.18 Å². The number of aryl methyl sites for hydroxylation is 1. The molecule has 170 valence electrons. The van der Waals surface area contributed by atoms with Crippen molar-refractivity contribution in [2.45, 2.75) is 38.4 Å². The summed E-state index contributed by atoms with van der Waals surface area (Å²) in [4.78, 5) is 21.2. The average molecular weight is 438 g/mol. The van der Waals surface area contributed by atoms with Crippen molar-refractivity contribution in [3.63, 3.8) is 0 Å². The molecule has 2 aliphatic rings. The van der Waals surface area contributed by atoms with Gasteiger partial charge in [-0.2, -0.15) is 13.2 Å². The number of nitrogens with zero attached hydrogens (tertiary/aromatic N) is 4. The minimum atomic E-state index is -4.36. The van der Waals surface area contributed by atoms with Gasteiger partial charge in [-0.1, -0.05) is 12.8 Å². The molecule has 0 bridgehead atoms. The maximum atomic E-state index is 13.0. The Morgan fingerprint density at radius 2 is 1.81 bits per heavy atom. The molecule has 0 spiro atoms. The second-order valence-electron chi connectivity index (χ2n) is 8.68. The van der Waals surface area contributed by atoms with E-state index in [4.69, 9.17) is 0 Å². The topological polar surface area (TPSA) is 53.4 Å². The number of hydrogen-bond donors (Lipinski definition) is 1. The van der Waals surface area contributed by atoms with Crippen LogP contribution in [0.2, 0.25) is 0 Å². The summed E-state index contributed by atoms with van der Waals surface area (Å²) in [6.07, 6.45) is -0.00255. The minimum absolute atomic E-state index is 0.201. The van der Waals surface area contributed by atoms with Crippen molar-refractivity contribution in [3.8, 4) is 0 Å². The van der Waals surface area contributed by atoms with Crippen molar-refractivity contribution in [1.29, 1.82) is 0 Å². The lowest BCUT2D eigenvalue weighted by atomic mass is 10.1. The minimum Gasteiger partial charge on any atom is -0.355 e. The molecule has 9 heteroatoms. The number of amides is 1. The Morgan fingerprint density at radius 1 is 1.13 bits per heavy atom. The molecule has 1 aromatic heterocycles. The molecule has 4 rings (SSSR count). The second kappa shape index (κ2) is 9.16. The number of alkyl halides is 3. The highest BCUT2D eigenvalue weighted by molar-refractivity contribution is 5.78. The molecule has 1 aliphatic carbocycles. The number of benzene rings is 1. The molecule has 1 saturated carbocycles. The van der Waals surface area contributed by atoms with Crippen LogP contribution in [0.15, 0.2) is 18.2 Å². The van der Waals surface area contributed by atoms with Crippen LogP contribution < -0.4 is 5.32 Å². The molecule has 31 heavy (non-hydrogen) atoms. The number of aromatic nitrogens is 2. The number of hydrogen-bond acceptors (Lipinski definition) is 4. The van der Waals surface area contributed by atoms with E-state index in [0.717, 1.165) is 76.4 Å². The summed E-state index contributed by atoms with van der Waals surface area (Å²) in [6, 6.07) is 3.72. The molecular formula is C22H30F3N5O. The van der Waals surface area contributed by atoms with E-state index >= 15 is 0 Å². The quantitative estimate of drug-likeness (QED) is 0.755. The van der Waals surface area contributed by atoms with Gasteiger partial charge in [-0.15, -0.1) is 0 Å². The Kier molecular flexibility index (Phi) is 6.52. The molecule has 0 atom stereocenters. The van der Waals surface area contributed by atoms with Gasteiger partial charge in [0.1, 0.15) is 5.82 Å². The first-order valence-electron chi connectivity index (χ1n) is 11.1. The van der Waals surface area contributed by atoms with E-state index in [0.29, 0.717) is 24.1 Å². The molecule has 1 aromatic carbocycles. The highest BCUT2D eigenvalue weighted by Gasteiger charge is 2.31. The maximum absolute atomic E-state index is 13.0. The van der Waals surface area contributed by atoms with E-state index in [1.54, 1.807) is 0 Å². The first-order valence-corrected chi connectivity index (χ1v) is 11.1. The van der Waals surface area contributed by atoms with Crippen molar-refractivity contribution in [1.82, 2.24) is 24.7 Å². The molecule has 1 aliphatic heterocycles. The Bertz CT molecular complexity index is 912. The van der Waals surface area contributed by atoms with Crippen LogP contribution in [0.4, 0.5) is 13.2 Å². The predicted octanol–water partition coefficient (Wildman–Crippen LogP) is 3.02. The van der Waals surface area contributed by atoms with E-state index in [9.17, 15) is 18.0 Å². The Hall–Kier alpha value is -2.13. The largest absolute Gasteiger partial charge is 0.416 e. The predicted molar refractivity (Wildman–Crippen MR) is 112 cm³/mol. The second-order valence-corrected chi connectivity index (χ2v) is 8.68. The van der Waals surface area contributed by atoms with Crippen LogP contribution in [-0.4, -0.2) is 64.5 Å². The summed E-state index contributed by atoms with van der Waals surface area (Å²) < 4.78 is 40.8. The number of carbonyl (C=O) groups is 1. The lowest BCUT2D eigenvalue weighted by Crippen LogP contribution is -2.48. The molecular weight excluding hydrogens is 407 g/mol. The number of carbonyl (C=O) groups excluding carboxylic acids is 1. The van der Waals surface area contributed by atoms with Gasteiger partial charge in [0.25, 0.3) is 0 Å². The van der Waals surface area contributed by atoms with Gasteiger partial charge in [-0.3, -0.25) is 14.6 Å². The summed E-state index contributed by atoms with van der Waals surface area (Å²) in [6.45, 7) is 5.68. The van der Waals surface area contributed by atoms with Crippen LogP contribution in [0, 0.1) is 5.92 Å². The van der Waals surface area contributed by atoms with Crippen LogP contribution in [-0.2, 0) is 24.6 Å². The standard InChI is InChI=1S/C22H30F3N5O/c1-28-19-7-6-17(22(23,24)25)14-18(19)27-20(28)15-30-12-10-29(11-13-30)9-8-26-21(31)16-4-2-3-5-16/h6-7,14,16H,2-5,8-13,15H2,1H3,(H,26,31). The van der Waals surface area contributed by atoms with Gasteiger partial charge in [0.15, 0.2) is 0 Å².